The van der Waals surface area contributed by atoms with Crippen molar-refractivity contribution >= 4 is 22.4 Å². The van der Waals surface area contributed by atoms with Crippen LogP contribution in [0.3, 0.4) is 0 Å². The molecule has 30 heavy (non-hydrogen) atoms. The zero-order valence-electron chi connectivity index (χ0n) is 17.0. The molecule has 2 fully saturated rings. The van der Waals surface area contributed by atoms with Gasteiger partial charge in [-0.3, -0.25) is 9.19 Å². The zero-order chi connectivity index (χ0) is 20.3. The molecule has 3 aromatic rings. The number of pyridine rings is 1. The van der Waals surface area contributed by atoms with Gasteiger partial charge in [-0.05, 0) is 67.0 Å². The van der Waals surface area contributed by atoms with Crippen LogP contribution in [-0.2, 0) is 16.2 Å². The molecule has 6 rings (SSSR count). The molecule has 2 saturated carbocycles. The highest BCUT2D eigenvalue weighted by Gasteiger charge is 2.52. The van der Waals surface area contributed by atoms with Gasteiger partial charge in [0.05, 0.1) is 16.5 Å². The summed E-state index contributed by atoms with van der Waals surface area (Å²) in [7, 11) is -0.964. The molecule has 3 heterocycles. The van der Waals surface area contributed by atoms with E-state index in [0.29, 0.717) is 17.6 Å². The molecule has 0 N–H and O–H groups in total. The third-order valence-corrected chi connectivity index (χ3v) is 7.98. The quantitative estimate of drug-likeness (QED) is 0.602. The Bertz CT molecular complexity index is 1150. The maximum absolute atomic E-state index is 12.4. The van der Waals surface area contributed by atoms with Crippen molar-refractivity contribution in [1.82, 2.24) is 15.0 Å². The van der Waals surface area contributed by atoms with Gasteiger partial charge in [-0.25, -0.2) is 9.97 Å². The highest BCUT2D eigenvalue weighted by molar-refractivity contribution is 7.85. The van der Waals surface area contributed by atoms with Gasteiger partial charge in [0.25, 0.3) is 0 Å². The van der Waals surface area contributed by atoms with Gasteiger partial charge in [0.1, 0.15) is 0 Å². The van der Waals surface area contributed by atoms with Crippen LogP contribution in [0.2, 0.25) is 0 Å². The molecule has 152 valence electrons. The summed E-state index contributed by atoms with van der Waals surface area (Å²) in [6.45, 7) is 2.86. The molecule has 1 aliphatic heterocycles. The van der Waals surface area contributed by atoms with Crippen molar-refractivity contribution in [2.45, 2.75) is 48.8 Å². The molecule has 2 aliphatic carbocycles. The van der Waals surface area contributed by atoms with E-state index in [1.54, 1.807) is 0 Å². The molecule has 5 nitrogen and oxygen atoms in total. The highest BCUT2D eigenvalue weighted by Crippen LogP contribution is 2.57. The zero-order valence-corrected chi connectivity index (χ0v) is 17.9. The molecule has 1 unspecified atom stereocenters. The average molecular weight is 417 g/mol. The Balaban J connectivity index is 1.34. The second-order valence-corrected chi connectivity index (χ2v) is 10.4. The monoisotopic (exact) mass is 416 g/mol. The van der Waals surface area contributed by atoms with Gasteiger partial charge < -0.3 is 4.90 Å². The predicted molar refractivity (Wildman–Crippen MR) is 119 cm³/mol. The number of fused-ring (bicyclic) bond motifs is 2. The lowest BCUT2D eigenvalue weighted by Gasteiger charge is -2.18. The summed E-state index contributed by atoms with van der Waals surface area (Å²) >= 11 is 0. The summed E-state index contributed by atoms with van der Waals surface area (Å²) in [5, 5.41) is 0. The Kier molecular flexibility index (Phi) is 4.07. The van der Waals surface area contributed by atoms with Crippen molar-refractivity contribution in [1.29, 1.82) is 0 Å². The summed E-state index contributed by atoms with van der Waals surface area (Å²) in [4.78, 5) is 17.0. The van der Waals surface area contributed by atoms with Crippen LogP contribution in [0, 0.1) is 0 Å². The third kappa shape index (κ3) is 2.97. The Morgan fingerprint density at radius 1 is 1.10 bits per heavy atom. The van der Waals surface area contributed by atoms with E-state index in [1.165, 1.54) is 36.8 Å². The molecule has 0 bridgehead atoms. The van der Waals surface area contributed by atoms with Gasteiger partial charge in [-0.1, -0.05) is 13.0 Å². The van der Waals surface area contributed by atoms with Crippen molar-refractivity contribution < 1.29 is 4.21 Å². The lowest BCUT2D eigenvalue weighted by Crippen LogP contribution is -2.21. The number of anilines is 2. The fraction of sp³-hybridized carbons (Fsp3) is 0.375. The van der Waals surface area contributed by atoms with Crippen LogP contribution in [-0.4, -0.2) is 31.5 Å². The van der Waals surface area contributed by atoms with Crippen LogP contribution < -0.4 is 4.90 Å². The fourth-order valence-corrected chi connectivity index (χ4v) is 5.39. The predicted octanol–water partition coefficient (Wildman–Crippen LogP) is 4.73. The molecule has 0 amide bonds. The van der Waals surface area contributed by atoms with Gasteiger partial charge in [0.2, 0.25) is 5.95 Å². The fourth-order valence-electron chi connectivity index (χ4n) is 4.59. The molecular weight excluding hydrogens is 392 g/mol. The van der Waals surface area contributed by atoms with Crippen LogP contribution >= 0.6 is 0 Å². The third-order valence-electron chi connectivity index (χ3n) is 6.68. The normalized spacial score (nSPS) is 19.7. The van der Waals surface area contributed by atoms with E-state index in [0.717, 1.165) is 28.4 Å². The standard InChI is InChI=1S/C24H24N4OS/c1-2-30(29)19-5-6-20-22(12-19)28(15-24(20)8-9-24)23-26-13-18(14-27-23)21-11-17(7-10-25-21)16-3-4-16/h5-7,10-14,16H,2-4,8-9,15H2,1H3. The number of rotatable bonds is 5. The molecule has 1 atom stereocenters. The number of nitrogens with zero attached hydrogens (tertiary/aromatic N) is 4. The van der Waals surface area contributed by atoms with E-state index in [1.807, 2.05) is 31.6 Å². The van der Waals surface area contributed by atoms with E-state index in [2.05, 4.69) is 34.1 Å². The van der Waals surface area contributed by atoms with Crippen molar-refractivity contribution in [2.75, 3.05) is 17.2 Å². The maximum Gasteiger partial charge on any atom is 0.229 e. The van der Waals surface area contributed by atoms with Crippen LogP contribution in [0.1, 0.15) is 49.7 Å². The van der Waals surface area contributed by atoms with Gasteiger partial charge >= 0.3 is 0 Å². The first-order valence-electron chi connectivity index (χ1n) is 10.8. The van der Waals surface area contributed by atoms with Crippen molar-refractivity contribution in [3.8, 4) is 11.3 Å². The Labute approximate surface area is 179 Å². The summed E-state index contributed by atoms with van der Waals surface area (Å²) in [5.74, 6) is 2.04. The summed E-state index contributed by atoms with van der Waals surface area (Å²) in [6, 6.07) is 10.6. The highest BCUT2D eigenvalue weighted by atomic mass is 32.2. The summed E-state index contributed by atoms with van der Waals surface area (Å²) < 4.78 is 12.4. The first kappa shape index (κ1) is 18.2. The van der Waals surface area contributed by atoms with Crippen molar-refractivity contribution in [3.63, 3.8) is 0 Å². The van der Waals surface area contributed by atoms with Gasteiger partial charge in [-0.2, -0.15) is 0 Å². The first-order chi connectivity index (χ1) is 14.7. The van der Waals surface area contributed by atoms with Crippen molar-refractivity contribution in [2.24, 2.45) is 0 Å². The second kappa shape index (κ2) is 6.71. The molecule has 3 aliphatic rings. The number of hydrogen-bond donors (Lipinski definition) is 0. The van der Waals surface area contributed by atoms with Gasteiger partial charge in [0, 0.05) is 52.4 Å². The Morgan fingerprint density at radius 2 is 1.90 bits per heavy atom. The minimum absolute atomic E-state index is 0.226. The average Bonchev–Trinajstić information content (AvgIpc) is 3.72. The van der Waals surface area contributed by atoms with Gasteiger partial charge in [-0.15, -0.1) is 0 Å². The van der Waals surface area contributed by atoms with E-state index in [9.17, 15) is 4.21 Å². The van der Waals surface area contributed by atoms with Crippen molar-refractivity contribution in [3.05, 3.63) is 60.0 Å². The molecule has 0 saturated heterocycles. The molecule has 6 heteroatoms. The maximum atomic E-state index is 12.4. The Morgan fingerprint density at radius 3 is 2.60 bits per heavy atom. The van der Waals surface area contributed by atoms with Crippen LogP contribution in [0.15, 0.2) is 53.8 Å². The van der Waals surface area contributed by atoms with Gasteiger partial charge in [0.15, 0.2) is 0 Å². The van der Waals surface area contributed by atoms with E-state index < -0.39 is 10.8 Å². The Hall–Kier alpha value is -2.60. The second-order valence-electron chi connectivity index (χ2n) is 8.70. The smallest absolute Gasteiger partial charge is 0.229 e. The lowest BCUT2D eigenvalue weighted by atomic mass is 9.99. The largest absolute Gasteiger partial charge is 0.309 e. The van der Waals surface area contributed by atoms with Crippen LogP contribution in [0.5, 0.6) is 0 Å². The molecule has 2 aromatic heterocycles. The van der Waals surface area contributed by atoms with Crippen LogP contribution in [0.25, 0.3) is 11.3 Å². The summed E-state index contributed by atoms with van der Waals surface area (Å²) in [6.07, 6.45) is 10.6. The topological polar surface area (TPSA) is 59.0 Å². The molecule has 1 aromatic carbocycles. The molecule has 0 radical (unpaired) electrons. The SMILES string of the molecule is CCS(=O)c1ccc2c(c1)N(c1ncc(-c3cc(C4CC4)ccn3)cn1)CC21CC1. The summed E-state index contributed by atoms with van der Waals surface area (Å²) in [5.41, 5.74) is 5.95. The number of aromatic nitrogens is 3. The lowest BCUT2D eigenvalue weighted by molar-refractivity contribution is 0.684. The minimum atomic E-state index is -0.964. The van der Waals surface area contributed by atoms with Crippen LogP contribution in [0.4, 0.5) is 11.6 Å². The van der Waals surface area contributed by atoms with E-state index in [-0.39, 0.29) is 5.41 Å². The number of hydrogen-bond acceptors (Lipinski definition) is 5. The van der Waals surface area contributed by atoms with E-state index in [4.69, 9.17) is 9.97 Å². The molecular formula is C24H24N4OS. The molecule has 1 spiro atoms. The number of benzene rings is 1. The first-order valence-corrected chi connectivity index (χ1v) is 12.1. The van der Waals surface area contributed by atoms with E-state index >= 15 is 0 Å². The minimum Gasteiger partial charge on any atom is -0.309 e.